The molecule has 23 heavy (non-hydrogen) atoms. The Hall–Kier alpha value is -2.13. The Morgan fingerprint density at radius 2 is 1.57 bits per heavy atom. The monoisotopic (exact) mass is 308 g/mol. The lowest BCUT2D eigenvalue weighted by atomic mass is 9.96. The van der Waals surface area contributed by atoms with Gasteiger partial charge in [0.25, 0.3) is 0 Å². The molecule has 1 amide bonds. The minimum atomic E-state index is 0.146. The van der Waals surface area contributed by atoms with Crippen molar-refractivity contribution < 1.29 is 4.79 Å². The fraction of sp³-hybridized carbons (Fsp3) is 0.350. The first-order chi connectivity index (χ1) is 11.3. The maximum atomic E-state index is 13.0. The van der Waals surface area contributed by atoms with Gasteiger partial charge in [0, 0.05) is 18.2 Å². The molecule has 1 aliphatic rings. The van der Waals surface area contributed by atoms with E-state index in [1.807, 2.05) is 41.3 Å². The van der Waals surface area contributed by atoms with E-state index in [9.17, 15) is 4.79 Å². The van der Waals surface area contributed by atoms with Crippen LogP contribution in [0.4, 0.5) is 5.69 Å². The topological polar surface area (TPSA) is 32.3 Å². The van der Waals surface area contributed by atoms with Gasteiger partial charge in [-0.15, -0.1) is 0 Å². The Morgan fingerprint density at radius 1 is 0.957 bits per heavy atom. The van der Waals surface area contributed by atoms with E-state index < -0.39 is 0 Å². The molecular weight excluding hydrogens is 284 g/mol. The average Bonchev–Trinajstić information content (AvgIpc) is 2.64. The first kappa shape index (κ1) is 15.8. The highest BCUT2D eigenvalue weighted by atomic mass is 16.2. The highest BCUT2D eigenvalue weighted by Gasteiger charge is 2.26. The van der Waals surface area contributed by atoms with Gasteiger partial charge >= 0.3 is 0 Å². The molecule has 1 N–H and O–H groups in total. The Labute approximate surface area is 138 Å². The molecule has 1 saturated heterocycles. The van der Waals surface area contributed by atoms with Gasteiger partial charge in [-0.05, 0) is 50.0 Å². The molecule has 1 heterocycles. The number of hydrogen-bond acceptors (Lipinski definition) is 2. The van der Waals surface area contributed by atoms with E-state index >= 15 is 0 Å². The van der Waals surface area contributed by atoms with Crippen molar-refractivity contribution >= 4 is 11.6 Å². The van der Waals surface area contributed by atoms with E-state index in [2.05, 4.69) is 29.6 Å². The van der Waals surface area contributed by atoms with E-state index in [1.165, 1.54) is 5.56 Å². The Kier molecular flexibility index (Phi) is 5.43. The molecule has 0 unspecified atom stereocenters. The third kappa shape index (κ3) is 4.20. The summed E-state index contributed by atoms with van der Waals surface area (Å²) in [5.41, 5.74) is 2.28. The fourth-order valence-electron chi connectivity index (χ4n) is 3.15. The number of hydrogen-bond donors (Lipinski definition) is 1. The molecule has 0 saturated carbocycles. The van der Waals surface area contributed by atoms with E-state index in [-0.39, 0.29) is 11.8 Å². The SMILES string of the molecule is O=C(C1CCNCC1)N(CCc1ccccc1)c1ccccc1. The number of nitrogens with zero attached hydrogens (tertiary/aromatic N) is 1. The summed E-state index contributed by atoms with van der Waals surface area (Å²) >= 11 is 0. The molecule has 0 atom stereocenters. The zero-order valence-corrected chi connectivity index (χ0v) is 13.4. The standard InChI is InChI=1S/C20H24N2O/c23-20(18-11-14-21-15-12-18)22(19-9-5-2-6-10-19)16-13-17-7-3-1-4-8-17/h1-10,18,21H,11-16H2. The van der Waals surface area contributed by atoms with Gasteiger partial charge in [0.2, 0.25) is 5.91 Å². The van der Waals surface area contributed by atoms with Crippen LogP contribution in [0.2, 0.25) is 0 Å². The van der Waals surface area contributed by atoms with Gasteiger partial charge in [0.15, 0.2) is 0 Å². The van der Waals surface area contributed by atoms with Crippen LogP contribution in [0.15, 0.2) is 60.7 Å². The van der Waals surface area contributed by atoms with Crippen LogP contribution >= 0.6 is 0 Å². The summed E-state index contributed by atoms with van der Waals surface area (Å²) in [7, 11) is 0. The molecule has 0 aliphatic carbocycles. The van der Waals surface area contributed by atoms with Gasteiger partial charge in [-0.3, -0.25) is 4.79 Å². The van der Waals surface area contributed by atoms with Crippen molar-refractivity contribution in [2.24, 2.45) is 5.92 Å². The molecule has 0 radical (unpaired) electrons. The van der Waals surface area contributed by atoms with Crippen molar-refractivity contribution in [1.29, 1.82) is 0 Å². The molecule has 2 aromatic rings. The highest BCUT2D eigenvalue weighted by Crippen LogP contribution is 2.21. The minimum Gasteiger partial charge on any atom is -0.317 e. The number of rotatable bonds is 5. The van der Waals surface area contributed by atoms with Gasteiger partial charge in [0.05, 0.1) is 0 Å². The van der Waals surface area contributed by atoms with Gasteiger partial charge in [-0.2, -0.15) is 0 Å². The number of para-hydroxylation sites is 1. The van der Waals surface area contributed by atoms with Crippen LogP contribution in [0.25, 0.3) is 0 Å². The van der Waals surface area contributed by atoms with Crippen LogP contribution in [0.3, 0.4) is 0 Å². The van der Waals surface area contributed by atoms with Crippen molar-refractivity contribution in [2.75, 3.05) is 24.5 Å². The molecule has 0 spiro atoms. The summed E-state index contributed by atoms with van der Waals surface area (Å²) in [5, 5.41) is 3.34. The summed E-state index contributed by atoms with van der Waals surface area (Å²) < 4.78 is 0. The molecular formula is C20H24N2O. The van der Waals surface area contributed by atoms with Crippen LogP contribution in [0, 0.1) is 5.92 Å². The summed E-state index contributed by atoms with van der Waals surface area (Å²) in [6.45, 7) is 2.62. The first-order valence-corrected chi connectivity index (χ1v) is 8.45. The maximum Gasteiger partial charge on any atom is 0.230 e. The van der Waals surface area contributed by atoms with Gasteiger partial charge in [-0.1, -0.05) is 48.5 Å². The third-order valence-electron chi connectivity index (χ3n) is 4.49. The van der Waals surface area contributed by atoms with Crippen LogP contribution in [-0.4, -0.2) is 25.5 Å². The second-order valence-electron chi connectivity index (χ2n) is 6.09. The van der Waals surface area contributed by atoms with Gasteiger partial charge < -0.3 is 10.2 Å². The van der Waals surface area contributed by atoms with Crippen LogP contribution in [0.1, 0.15) is 18.4 Å². The number of benzene rings is 2. The molecule has 1 aliphatic heterocycles. The number of carbonyl (C=O) groups is 1. The van der Waals surface area contributed by atoms with E-state index in [4.69, 9.17) is 0 Å². The lowest BCUT2D eigenvalue weighted by molar-refractivity contribution is -0.123. The molecule has 0 bridgehead atoms. The first-order valence-electron chi connectivity index (χ1n) is 8.45. The van der Waals surface area contributed by atoms with Crippen LogP contribution in [-0.2, 0) is 11.2 Å². The third-order valence-corrected chi connectivity index (χ3v) is 4.49. The largest absolute Gasteiger partial charge is 0.317 e. The number of amides is 1. The maximum absolute atomic E-state index is 13.0. The quantitative estimate of drug-likeness (QED) is 0.919. The van der Waals surface area contributed by atoms with Crippen LogP contribution in [0.5, 0.6) is 0 Å². The average molecular weight is 308 g/mol. The normalized spacial score (nSPS) is 15.3. The molecule has 3 nitrogen and oxygen atoms in total. The Bertz CT molecular complexity index is 606. The number of nitrogens with one attached hydrogen (secondary N) is 1. The molecule has 1 fully saturated rings. The van der Waals surface area contributed by atoms with E-state index in [0.717, 1.165) is 44.6 Å². The molecule has 0 aromatic heterocycles. The summed E-state index contributed by atoms with van der Waals surface area (Å²) in [4.78, 5) is 15.0. The van der Waals surface area contributed by atoms with Crippen molar-refractivity contribution in [1.82, 2.24) is 5.32 Å². The van der Waals surface area contributed by atoms with E-state index in [1.54, 1.807) is 0 Å². The van der Waals surface area contributed by atoms with Gasteiger partial charge in [-0.25, -0.2) is 0 Å². The van der Waals surface area contributed by atoms with Crippen molar-refractivity contribution in [2.45, 2.75) is 19.3 Å². The minimum absolute atomic E-state index is 0.146. The highest BCUT2D eigenvalue weighted by molar-refractivity contribution is 5.95. The van der Waals surface area contributed by atoms with Crippen molar-refractivity contribution in [3.8, 4) is 0 Å². The number of carbonyl (C=O) groups excluding carboxylic acids is 1. The number of piperidine rings is 1. The summed E-state index contributed by atoms with van der Waals surface area (Å²) in [5.74, 6) is 0.417. The summed E-state index contributed by atoms with van der Waals surface area (Å²) in [6, 6.07) is 20.4. The van der Waals surface area contributed by atoms with E-state index in [0.29, 0.717) is 0 Å². The second kappa shape index (κ2) is 7.93. The fourth-order valence-corrected chi connectivity index (χ4v) is 3.15. The van der Waals surface area contributed by atoms with Gasteiger partial charge in [0.1, 0.15) is 0 Å². The predicted octanol–water partition coefficient (Wildman–Crippen LogP) is 3.26. The van der Waals surface area contributed by atoms with Crippen molar-refractivity contribution in [3.05, 3.63) is 66.2 Å². The smallest absolute Gasteiger partial charge is 0.230 e. The zero-order chi connectivity index (χ0) is 15.9. The van der Waals surface area contributed by atoms with Crippen molar-refractivity contribution in [3.63, 3.8) is 0 Å². The lowest BCUT2D eigenvalue weighted by Gasteiger charge is -2.30. The Morgan fingerprint density at radius 3 is 2.22 bits per heavy atom. The Balaban J connectivity index is 1.74. The second-order valence-corrected chi connectivity index (χ2v) is 6.09. The molecule has 120 valence electrons. The molecule has 2 aromatic carbocycles. The summed E-state index contributed by atoms with van der Waals surface area (Å²) in [6.07, 6.45) is 2.76. The zero-order valence-electron chi connectivity index (χ0n) is 13.4. The molecule has 3 heteroatoms. The number of anilines is 1. The molecule has 3 rings (SSSR count). The lowest BCUT2D eigenvalue weighted by Crippen LogP contribution is -2.42. The predicted molar refractivity (Wildman–Crippen MR) is 94.5 cm³/mol. The van der Waals surface area contributed by atoms with Crippen LogP contribution < -0.4 is 10.2 Å².